The molecule has 0 bridgehead atoms. The van der Waals surface area contributed by atoms with E-state index in [1.165, 1.54) is 10.4 Å². The van der Waals surface area contributed by atoms with Crippen LogP contribution in [0.4, 0.5) is 4.79 Å². The zero-order valence-corrected chi connectivity index (χ0v) is 16.3. The Bertz CT molecular complexity index is 792. The van der Waals surface area contributed by atoms with Crippen LogP contribution in [0.2, 0.25) is 0 Å². The lowest BCUT2D eigenvalue weighted by atomic mass is 9.98. The summed E-state index contributed by atoms with van der Waals surface area (Å²) in [6.07, 6.45) is 1.07. The monoisotopic (exact) mass is 421 g/mol. The maximum absolute atomic E-state index is 12.9. The van der Waals surface area contributed by atoms with Gasteiger partial charge in [0.25, 0.3) is 0 Å². The Morgan fingerprint density at radius 3 is 2.96 bits per heavy atom. The molecule has 3 amide bonds. The maximum atomic E-state index is 12.9. The lowest BCUT2D eigenvalue weighted by Gasteiger charge is -2.34. The van der Waals surface area contributed by atoms with Gasteiger partial charge in [-0.25, -0.2) is 4.79 Å². The van der Waals surface area contributed by atoms with Crippen LogP contribution in [-0.4, -0.2) is 23.4 Å². The molecule has 1 aromatic heterocycles. The van der Waals surface area contributed by atoms with Crippen molar-refractivity contribution in [1.82, 2.24) is 10.2 Å². The number of amides is 3. The lowest BCUT2D eigenvalue weighted by Crippen LogP contribution is -2.41. The average Bonchev–Trinajstić information content (AvgIpc) is 3.03. The molecule has 0 fully saturated rings. The van der Waals surface area contributed by atoms with Crippen LogP contribution < -0.4 is 11.1 Å². The Morgan fingerprint density at radius 2 is 2.24 bits per heavy atom. The fraction of sp³-hybridized carbons (Fsp3) is 0.333. The number of hydrogen-bond acceptors (Lipinski definition) is 3. The van der Waals surface area contributed by atoms with Gasteiger partial charge in [-0.2, -0.15) is 0 Å². The summed E-state index contributed by atoms with van der Waals surface area (Å²) >= 11 is 5.17. The second-order valence-electron chi connectivity index (χ2n) is 6.13. The maximum Gasteiger partial charge on any atom is 0.312 e. The number of carbonyl (C=O) groups excluding carboxylic acids is 2. The fourth-order valence-electron chi connectivity index (χ4n) is 3.29. The smallest absolute Gasteiger partial charge is 0.312 e. The van der Waals surface area contributed by atoms with Crippen LogP contribution in [-0.2, 0) is 11.2 Å². The summed E-state index contributed by atoms with van der Waals surface area (Å²) in [6, 6.07) is 8.62. The van der Waals surface area contributed by atoms with E-state index < -0.39 is 12.1 Å². The zero-order chi connectivity index (χ0) is 18.0. The Morgan fingerprint density at radius 1 is 1.44 bits per heavy atom. The van der Waals surface area contributed by atoms with Crippen molar-refractivity contribution in [3.8, 4) is 0 Å². The number of nitrogens with zero attached hydrogens (tertiary/aromatic N) is 1. The Labute approximate surface area is 159 Å². The van der Waals surface area contributed by atoms with Crippen molar-refractivity contribution >= 4 is 39.2 Å². The number of hydrogen-bond donors (Lipinski definition) is 2. The number of thiophene rings is 1. The van der Waals surface area contributed by atoms with Crippen LogP contribution >= 0.6 is 27.3 Å². The highest BCUT2D eigenvalue weighted by Gasteiger charge is 2.30. The van der Waals surface area contributed by atoms with Gasteiger partial charge in [0.1, 0.15) is 0 Å². The van der Waals surface area contributed by atoms with E-state index in [0.717, 1.165) is 16.5 Å². The minimum absolute atomic E-state index is 0.0167. The van der Waals surface area contributed by atoms with Gasteiger partial charge < -0.3 is 16.0 Å². The molecule has 132 valence electrons. The summed E-state index contributed by atoms with van der Waals surface area (Å²) in [5, 5.41) is 4.77. The molecule has 1 aromatic carbocycles. The first-order valence-corrected chi connectivity index (χ1v) is 9.80. The molecule has 7 heteroatoms. The number of primary amides is 1. The van der Waals surface area contributed by atoms with Crippen LogP contribution in [0, 0.1) is 0 Å². The third-order valence-electron chi connectivity index (χ3n) is 4.54. The predicted molar refractivity (Wildman–Crippen MR) is 102 cm³/mol. The third kappa shape index (κ3) is 4.04. The number of fused-ring (bicyclic) bond motifs is 1. The number of rotatable bonds is 4. The van der Waals surface area contributed by atoms with Crippen molar-refractivity contribution in [2.24, 2.45) is 5.73 Å². The standard InChI is InChI=1S/C18H20BrN3O2S/c1-11-14-6-8-25-16(14)5-7-22(11)17(23)10-15(21-18(20)24)12-3-2-4-13(19)9-12/h2-4,6,8-9,11,15H,5,7,10H2,1H3,(H3,20,21,24)/t11-,15-/m1/s1. The van der Waals surface area contributed by atoms with Crippen molar-refractivity contribution in [2.45, 2.75) is 31.8 Å². The topological polar surface area (TPSA) is 75.4 Å². The van der Waals surface area contributed by atoms with Crippen LogP contribution in [0.15, 0.2) is 40.2 Å². The van der Waals surface area contributed by atoms with Crippen molar-refractivity contribution in [3.05, 3.63) is 56.2 Å². The van der Waals surface area contributed by atoms with E-state index in [9.17, 15) is 9.59 Å². The van der Waals surface area contributed by atoms with Crippen LogP contribution in [0.5, 0.6) is 0 Å². The highest BCUT2D eigenvalue weighted by Crippen LogP contribution is 2.34. The molecular weight excluding hydrogens is 402 g/mol. The summed E-state index contributed by atoms with van der Waals surface area (Å²) in [4.78, 5) is 27.6. The van der Waals surface area contributed by atoms with Gasteiger partial charge in [0.2, 0.25) is 5.91 Å². The first-order valence-electron chi connectivity index (χ1n) is 8.13. The van der Waals surface area contributed by atoms with Gasteiger partial charge in [-0.05, 0) is 48.1 Å². The predicted octanol–water partition coefficient (Wildman–Crippen LogP) is 3.76. The Kier molecular flexibility index (Phi) is 5.44. The minimum atomic E-state index is -0.635. The minimum Gasteiger partial charge on any atom is -0.352 e. The molecular formula is C18H20BrN3O2S. The van der Waals surface area contributed by atoms with Gasteiger partial charge in [-0.15, -0.1) is 11.3 Å². The van der Waals surface area contributed by atoms with E-state index >= 15 is 0 Å². The molecule has 0 spiro atoms. The van der Waals surface area contributed by atoms with Crippen LogP contribution in [0.25, 0.3) is 0 Å². The van der Waals surface area contributed by atoms with Crippen molar-refractivity contribution < 1.29 is 9.59 Å². The number of halogens is 1. The molecule has 0 unspecified atom stereocenters. The first-order chi connectivity index (χ1) is 12.0. The third-order valence-corrected chi connectivity index (χ3v) is 6.03. The van der Waals surface area contributed by atoms with Gasteiger partial charge in [0.15, 0.2) is 0 Å². The Hall–Kier alpha value is -1.86. The van der Waals surface area contributed by atoms with Gasteiger partial charge in [0, 0.05) is 15.9 Å². The lowest BCUT2D eigenvalue weighted by molar-refractivity contribution is -0.134. The molecule has 1 aliphatic heterocycles. The molecule has 0 aliphatic carbocycles. The van der Waals surface area contributed by atoms with E-state index in [0.29, 0.717) is 6.54 Å². The van der Waals surface area contributed by atoms with Gasteiger partial charge >= 0.3 is 6.03 Å². The second-order valence-corrected chi connectivity index (χ2v) is 8.05. The molecule has 2 heterocycles. The van der Waals surface area contributed by atoms with Crippen LogP contribution in [0.3, 0.4) is 0 Å². The number of benzene rings is 1. The SMILES string of the molecule is C[C@@H]1c2ccsc2CCN1C(=O)C[C@@H](NC(N)=O)c1cccc(Br)c1. The molecule has 0 saturated heterocycles. The first kappa shape index (κ1) is 17.9. The highest BCUT2D eigenvalue weighted by atomic mass is 79.9. The fourth-order valence-corrected chi connectivity index (χ4v) is 4.67. The van der Waals surface area contributed by atoms with E-state index in [-0.39, 0.29) is 18.4 Å². The normalized spacial score (nSPS) is 17.7. The van der Waals surface area contributed by atoms with Crippen molar-refractivity contribution in [2.75, 3.05) is 6.54 Å². The molecule has 3 N–H and O–H groups in total. The molecule has 3 rings (SSSR count). The molecule has 2 atom stereocenters. The number of urea groups is 1. The summed E-state index contributed by atoms with van der Waals surface area (Å²) in [5.41, 5.74) is 7.39. The largest absolute Gasteiger partial charge is 0.352 e. The number of carbonyl (C=O) groups is 2. The molecule has 5 nitrogen and oxygen atoms in total. The second kappa shape index (κ2) is 7.58. The van der Waals surface area contributed by atoms with Crippen molar-refractivity contribution in [3.63, 3.8) is 0 Å². The summed E-state index contributed by atoms with van der Waals surface area (Å²) in [6.45, 7) is 2.76. The van der Waals surface area contributed by atoms with E-state index in [2.05, 4.69) is 39.6 Å². The molecule has 0 saturated carbocycles. The van der Waals surface area contributed by atoms with E-state index in [4.69, 9.17) is 5.73 Å². The van der Waals surface area contributed by atoms with Crippen molar-refractivity contribution in [1.29, 1.82) is 0 Å². The van der Waals surface area contributed by atoms with Gasteiger partial charge in [0.05, 0.1) is 18.5 Å². The Balaban J connectivity index is 1.77. The number of nitrogens with one attached hydrogen (secondary N) is 1. The summed E-state index contributed by atoms with van der Waals surface area (Å²) in [7, 11) is 0. The molecule has 0 radical (unpaired) electrons. The molecule has 2 aromatic rings. The number of nitrogens with two attached hydrogens (primary N) is 1. The average molecular weight is 422 g/mol. The highest BCUT2D eigenvalue weighted by molar-refractivity contribution is 9.10. The van der Waals surface area contributed by atoms with Gasteiger partial charge in [-0.1, -0.05) is 28.1 Å². The quantitative estimate of drug-likeness (QED) is 0.788. The summed E-state index contributed by atoms with van der Waals surface area (Å²) < 4.78 is 0.892. The molecule has 1 aliphatic rings. The molecule has 25 heavy (non-hydrogen) atoms. The zero-order valence-electron chi connectivity index (χ0n) is 13.9. The van der Waals surface area contributed by atoms with E-state index in [1.54, 1.807) is 11.3 Å². The van der Waals surface area contributed by atoms with E-state index in [1.807, 2.05) is 29.2 Å². The summed E-state index contributed by atoms with van der Waals surface area (Å²) in [5.74, 6) is 0.0167. The van der Waals surface area contributed by atoms with Crippen LogP contribution in [0.1, 0.15) is 41.4 Å². The van der Waals surface area contributed by atoms with Gasteiger partial charge in [-0.3, -0.25) is 4.79 Å².